The highest BCUT2D eigenvalue weighted by Gasteiger charge is 2.15. The van der Waals surface area contributed by atoms with E-state index in [-0.39, 0.29) is 12.0 Å². The molecular weight excluding hydrogens is 278 g/mol. The zero-order valence-electron chi connectivity index (χ0n) is 12.8. The summed E-state index contributed by atoms with van der Waals surface area (Å²) in [6.07, 6.45) is 7.20. The molecule has 1 atom stereocenters. The summed E-state index contributed by atoms with van der Waals surface area (Å²) >= 11 is 0. The molecule has 1 aromatic heterocycles. The molecule has 1 aromatic carbocycles. The van der Waals surface area contributed by atoms with Gasteiger partial charge < -0.3 is 10.1 Å². The number of ether oxygens (including phenoxy) is 1. The first-order valence-electron chi connectivity index (χ1n) is 7.73. The van der Waals surface area contributed by atoms with Gasteiger partial charge in [-0.1, -0.05) is 18.2 Å². The molecule has 3 rings (SSSR count). The molecule has 22 heavy (non-hydrogen) atoms. The zero-order valence-corrected chi connectivity index (χ0v) is 12.8. The Labute approximate surface area is 130 Å². The molecule has 5 heteroatoms. The van der Waals surface area contributed by atoms with Crippen LogP contribution in [-0.4, -0.2) is 28.4 Å². The van der Waals surface area contributed by atoms with Crippen LogP contribution < -0.4 is 5.32 Å². The lowest BCUT2D eigenvalue weighted by atomic mass is 10.1. The first-order chi connectivity index (χ1) is 10.7. The fourth-order valence-corrected chi connectivity index (χ4v) is 2.71. The minimum atomic E-state index is -0.105. The molecular formula is C17H21N3O2. The second-order valence-corrected chi connectivity index (χ2v) is 5.71. The van der Waals surface area contributed by atoms with Crippen LogP contribution in [0.15, 0.2) is 36.7 Å². The summed E-state index contributed by atoms with van der Waals surface area (Å²) in [5, 5.41) is 7.19. The Bertz CT molecular complexity index is 645. The number of anilines is 1. The first-order valence-corrected chi connectivity index (χ1v) is 7.73. The summed E-state index contributed by atoms with van der Waals surface area (Å²) in [5.74, 6) is -0.105. The van der Waals surface area contributed by atoms with E-state index in [2.05, 4.69) is 10.4 Å². The largest absolute Gasteiger partial charge is 0.376 e. The van der Waals surface area contributed by atoms with Gasteiger partial charge in [-0.15, -0.1) is 0 Å². The highest BCUT2D eigenvalue weighted by Crippen LogP contribution is 2.16. The Balaban J connectivity index is 1.61. The summed E-state index contributed by atoms with van der Waals surface area (Å²) in [7, 11) is 0. The van der Waals surface area contributed by atoms with Crippen molar-refractivity contribution in [3.63, 3.8) is 0 Å². The van der Waals surface area contributed by atoms with Crippen LogP contribution in [0.5, 0.6) is 0 Å². The lowest BCUT2D eigenvalue weighted by Crippen LogP contribution is -2.24. The van der Waals surface area contributed by atoms with Crippen LogP contribution in [0.3, 0.4) is 0 Å². The first kappa shape index (κ1) is 14.8. The third-order valence-electron chi connectivity index (χ3n) is 3.95. The molecule has 2 aromatic rings. The van der Waals surface area contributed by atoms with Gasteiger partial charge in [-0.05, 0) is 37.8 Å². The second kappa shape index (κ2) is 6.75. The predicted octanol–water partition coefficient (Wildman–Crippen LogP) is 3.01. The smallest absolute Gasteiger partial charge is 0.256 e. The maximum absolute atomic E-state index is 12.3. The summed E-state index contributed by atoms with van der Waals surface area (Å²) in [6.45, 7) is 3.50. The van der Waals surface area contributed by atoms with E-state index in [4.69, 9.17) is 4.74 Å². The van der Waals surface area contributed by atoms with E-state index in [1.165, 1.54) is 6.42 Å². The van der Waals surface area contributed by atoms with E-state index in [0.29, 0.717) is 11.3 Å². The van der Waals surface area contributed by atoms with E-state index in [9.17, 15) is 4.79 Å². The van der Waals surface area contributed by atoms with Gasteiger partial charge in [0.25, 0.3) is 5.91 Å². The molecule has 2 heterocycles. The van der Waals surface area contributed by atoms with E-state index in [1.807, 2.05) is 42.1 Å². The molecule has 1 N–H and O–H groups in total. The molecule has 1 aliphatic rings. The molecule has 0 saturated carbocycles. The minimum absolute atomic E-state index is 0.105. The van der Waals surface area contributed by atoms with Crippen molar-refractivity contribution in [3.05, 3.63) is 47.8 Å². The Hall–Kier alpha value is -2.14. The van der Waals surface area contributed by atoms with Crippen molar-refractivity contribution in [1.82, 2.24) is 9.78 Å². The third-order valence-corrected chi connectivity index (χ3v) is 3.95. The molecule has 116 valence electrons. The molecule has 0 bridgehead atoms. The van der Waals surface area contributed by atoms with E-state index < -0.39 is 0 Å². The number of nitrogens with zero attached hydrogens (tertiary/aromatic N) is 2. The summed E-state index contributed by atoms with van der Waals surface area (Å²) in [6, 6.07) is 7.55. The summed E-state index contributed by atoms with van der Waals surface area (Å²) in [4.78, 5) is 12.3. The topological polar surface area (TPSA) is 56.2 Å². The van der Waals surface area contributed by atoms with Crippen molar-refractivity contribution in [1.29, 1.82) is 0 Å². The van der Waals surface area contributed by atoms with Crippen LogP contribution in [0.2, 0.25) is 0 Å². The number of carbonyl (C=O) groups excluding carboxylic acids is 1. The monoisotopic (exact) mass is 299 g/mol. The molecule has 0 radical (unpaired) electrons. The van der Waals surface area contributed by atoms with Crippen molar-refractivity contribution < 1.29 is 9.53 Å². The Morgan fingerprint density at radius 1 is 1.41 bits per heavy atom. The fraction of sp³-hybridized carbons (Fsp3) is 0.412. The zero-order chi connectivity index (χ0) is 15.4. The van der Waals surface area contributed by atoms with Crippen molar-refractivity contribution in [2.45, 2.75) is 38.8 Å². The van der Waals surface area contributed by atoms with Crippen LogP contribution in [0.25, 0.3) is 0 Å². The van der Waals surface area contributed by atoms with Crippen LogP contribution >= 0.6 is 0 Å². The number of rotatable bonds is 4. The van der Waals surface area contributed by atoms with Crippen molar-refractivity contribution >= 4 is 11.6 Å². The fourth-order valence-electron chi connectivity index (χ4n) is 2.71. The maximum Gasteiger partial charge on any atom is 0.256 e. The van der Waals surface area contributed by atoms with Crippen LogP contribution in [-0.2, 0) is 11.3 Å². The van der Waals surface area contributed by atoms with Gasteiger partial charge in [0.1, 0.15) is 0 Å². The Kier molecular flexibility index (Phi) is 4.53. The van der Waals surface area contributed by atoms with E-state index in [1.54, 1.807) is 6.20 Å². The molecule has 1 saturated heterocycles. The summed E-state index contributed by atoms with van der Waals surface area (Å²) in [5.41, 5.74) is 2.36. The van der Waals surface area contributed by atoms with E-state index >= 15 is 0 Å². The molecule has 0 aliphatic carbocycles. The number of hydrogen-bond acceptors (Lipinski definition) is 3. The number of hydrogen-bond donors (Lipinski definition) is 1. The number of aromatic nitrogens is 2. The number of aryl methyl sites for hydroxylation is 1. The number of nitrogens with one attached hydrogen (secondary N) is 1. The molecule has 1 amide bonds. The average Bonchev–Trinajstić information content (AvgIpc) is 2.95. The second-order valence-electron chi connectivity index (χ2n) is 5.71. The number of carbonyl (C=O) groups is 1. The molecule has 1 fully saturated rings. The highest BCUT2D eigenvalue weighted by molar-refractivity contribution is 6.05. The van der Waals surface area contributed by atoms with Gasteiger partial charge in [0, 0.05) is 18.4 Å². The number of benzene rings is 1. The Morgan fingerprint density at radius 3 is 3.05 bits per heavy atom. The van der Waals surface area contributed by atoms with Crippen LogP contribution in [0, 0.1) is 6.92 Å². The maximum atomic E-state index is 12.3. The van der Waals surface area contributed by atoms with Crippen LogP contribution in [0.1, 0.15) is 35.2 Å². The van der Waals surface area contributed by atoms with Crippen molar-refractivity contribution in [2.75, 3.05) is 11.9 Å². The van der Waals surface area contributed by atoms with Gasteiger partial charge in [-0.3, -0.25) is 9.48 Å². The minimum Gasteiger partial charge on any atom is -0.376 e. The third kappa shape index (κ3) is 3.54. The molecule has 5 nitrogen and oxygen atoms in total. The van der Waals surface area contributed by atoms with Gasteiger partial charge >= 0.3 is 0 Å². The standard InChI is InChI=1S/C17H21N3O2/c1-13-6-2-3-8-16(13)17(21)19-14-10-18-20(11-14)12-15-7-4-5-9-22-15/h2-3,6,8,10-11,15H,4-5,7,9,12H2,1H3,(H,19,21). The predicted molar refractivity (Wildman–Crippen MR) is 85.0 cm³/mol. The lowest BCUT2D eigenvalue weighted by Gasteiger charge is -2.22. The van der Waals surface area contributed by atoms with Crippen molar-refractivity contribution in [2.24, 2.45) is 0 Å². The van der Waals surface area contributed by atoms with Crippen LogP contribution in [0.4, 0.5) is 5.69 Å². The summed E-state index contributed by atoms with van der Waals surface area (Å²) < 4.78 is 7.55. The van der Waals surface area contributed by atoms with E-state index in [0.717, 1.165) is 31.6 Å². The normalized spacial score (nSPS) is 18.1. The van der Waals surface area contributed by atoms with Gasteiger partial charge in [0.05, 0.1) is 24.5 Å². The van der Waals surface area contributed by atoms with Gasteiger partial charge in [-0.25, -0.2) is 0 Å². The average molecular weight is 299 g/mol. The SMILES string of the molecule is Cc1ccccc1C(=O)Nc1cnn(CC2CCCCO2)c1. The number of amides is 1. The lowest BCUT2D eigenvalue weighted by molar-refractivity contribution is 0.00401. The quantitative estimate of drug-likeness (QED) is 0.944. The van der Waals surface area contributed by atoms with Crippen molar-refractivity contribution in [3.8, 4) is 0 Å². The highest BCUT2D eigenvalue weighted by atomic mass is 16.5. The van der Waals surface area contributed by atoms with Gasteiger partial charge in [0.15, 0.2) is 0 Å². The van der Waals surface area contributed by atoms with Gasteiger partial charge in [0.2, 0.25) is 0 Å². The van der Waals surface area contributed by atoms with Gasteiger partial charge in [-0.2, -0.15) is 5.10 Å². The Morgan fingerprint density at radius 2 is 2.27 bits per heavy atom. The molecule has 1 aliphatic heterocycles. The molecule has 1 unspecified atom stereocenters. The molecule has 0 spiro atoms.